The lowest BCUT2D eigenvalue weighted by Crippen LogP contribution is -2.35. The largest absolute Gasteiger partial charge is 0.381 e. The molecule has 0 fully saturated rings. The van der Waals surface area contributed by atoms with Crippen molar-refractivity contribution in [1.82, 2.24) is 10.6 Å². The van der Waals surface area contributed by atoms with Crippen LogP contribution in [0, 0.1) is 12.8 Å². The van der Waals surface area contributed by atoms with Gasteiger partial charge in [-0.15, -0.1) is 0 Å². The standard InChI is InChI=1S/C16H26N2O2/c1-13(2)12-20-10-4-9-17-16(19)18-11-15-7-5-14(3)6-8-15/h5-8,13H,4,9-12H2,1-3H3,(H2,17,18,19). The first-order chi connectivity index (χ1) is 9.58. The summed E-state index contributed by atoms with van der Waals surface area (Å²) in [5.74, 6) is 0.556. The van der Waals surface area contributed by atoms with E-state index in [2.05, 4.69) is 24.5 Å². The normalized spacial score (nSPS) is 10.6. The van der Waals surface area contributed by atoms with Gasteiger partial charge in [0.2, 0.25) is 0 Å². The van der Waals surface area contributed by atoms with E-state index < -0.39 is 0 Å². The van der Waals surface area contributed by atoms with Gasteiger partial charge in [0.25, 0.3) is 0 Å². The van der Waals surface area contributed by atoms with Gasteiger partial charge in [0.15, 0.2) is 0 Å². The molecule has 0 aliphatic rings. The van der Waals surface area contributed by atoms with Crippen molar-refractivity contribution in [3.8, 4) is 0 Å². The molecule has 0 aliphatic carbocycles. The molecule has 4 heteroatoms. The molecule has 20 heavy (non-hydrogen) atoms. The van der Waals surface area contributed by atoms with Crippen LogP contribution >= 0.6 is 0 Å². The van der Waals surface area contributed by atoms with Crippen LogP contribution in [0.15, 0.2) is 24.3 Å². The summed E-state index contributed by atoms with van der Waals surface area (Å²) in [5, 5.41) is 5.66. The number of rotatable bonds is 8. The van der Waals surface area contributed by atoms with Crippen LogP contribution in [0.5, 0.6) is 0 Å². The molecule has 2 N–H and O–H groups in total. The predicted molar refractivity (Wildman–Crippen MR) is 81.7 cm³/mol. The van der Waals surface area contributed by atoms with Gasteiger partial charge < -0.3 is 15.4 Å². The number of ether oxygens (including phenoxy) is 1. The Hall–Kier alpha value is -1.55. The third kappa shape index (κ3) is 7.79. The van der Waals surface area contributed by atoms with E-state index in [1.807, 2.05) is 31.2 Å². The molecule has 4 nitrogen and oxygen atoms in total. The fraction of sp³-hybridized carbons (Fsp3) is 0.562. The van der Waals surface area contributed by atoms with Gasteiger partial charge in [-0.3, -0.25) is 0 Å². The van der Waals surface area contributed by atoms with Gasteiger partial charge in [-0.1, -0.05) is 43.7 Å². The SMILES string of the molecule is Cc1ccc(CNC(=O)NCCCOCC(C)C)cc1. The quantitative estimate of drug-likeness (QED) is 0.718. The Labute approximate surface area is 121 Å². The molecular weight excluding hydrogens is 252 g/mol. The molecular formula is C16H26N2O2. The molecule has 0 heterocycles. The van der Waals surface area contributed by atoms with Crippen LogP contribution in [-0.2, 0) is 11.3 Å². The number of amides is 2. The van der Waals surface area contributed by atoms with E-state index in [0.29, 0.717) is 25.6 Å². The number of urea groups is 1. The predicted octanol–water partition coefficient (Wildman–Crippen LogP) is 2.86. The molecule has 1 rings (SSSR count). The van der Waals surface area contributed by atoms with E-state index in [0.717, 1.165) is 18.6 Å². The Kier molecular flexibility index (Phi) is 7.73. The highest BCUT2D eigenvalue weighted by Gasteiger charge is 2.00. The molecule has 0 aromatic heterocycles. The van der Waals surface area contributed by atoms with Gasteiger partial charge >= 0.3 is 6.03 Å². The number of aryl methyl sites for hydroxylation is 1. The zero-order chi connectivity index (χ0) is 14.8. The maximum absolute atomic E-state index is 11.6. The second kappa shape index (κ2) is 9.37. The minimum absolute atomic E-state index is 0.130. The Bertz CT molecular complexity index is 388. The highest BCUT2D eigenvalue weighted by molar-refractivity contribution is 5.73. The summed E-state index contributed by atoms with van der Waals surface area (Å²) < 4.78 is 5.45. The molecule has 0 bridgehead atoms. The van der Waals surface area contributed by atoms with Gasteiger partial charge in [-0.05, 0) is 24.8 Å². The number of hydrogen-bond donors (Lipinski definition) is 2. The molecule has 0 atom stereocenters. The van der Waals surface area contributed by atoms with E-state index in [9.17, 15) is 4.79 Å². The van der Waals surface area contributed by atoms with Crippen molar-refractivity contribution >= 4 is 6.03 Å². The highest BCUT2D eigenvalue weighted by Crippen LogP contribution is 2.02. The monoisotopic (exact) mass is 278 g/mol. The molecule has 0 unspecified atom stereocenters. The molecule has 0 saturated carbocycles. The minimum atomic E-state index is -0.130. The van der Waals surface area contributed by atoms with Crippen LogP contribution in [0.4, 0.5) is 4.79 Å². The van der Waals surface area contributed by atoms with Crippen LogP contribution in [0.1, 0.15) is 31.4 Å². The Morgan fingerprint density at radius 3 is 2.55 bits per heavy atom. The van der Waals surface area contributed by atoms with Crippen molar-refractivity contribution in [2.45, 2.75) is 33.7 Å². The van der Waals surface area contributed by atoms with Crippen LogP contribution in [0.3, 0.4) is 0 Å². The maximum Gasteiger partial charge on any atom is 0.315 e. The van der Waals surface area contributed by atoms with Crippen molar-refractivity contribution in [2.75, 3.05) is 19.8 Å². The average molecular weight is 278 g/mol. The first-order valence-corrected chi connectivity index (χ1v) is 7.23. The lowest BCUT2D eigenvalue weighted by atomic mass is 10.1. The lowest BCUT2D eigenvalue weighted by molar-refractivity contribution is 0.108. The third-order valence-corrected chi connectivity index (χ3v) is 2.78. The zero-order valence-corrected chi connectivity index (χ0v) is 12.7. The van der Waals surface area contributed by atoms with Crippen molar-refractivity contribution in [3.05, 3.63) is 35.4 Å². The number of hydrogen-bond acceptors (Lipinski definition) is 2. The van der Waals surface area contributed by atoms with Crippen molar-refractivity contribution < 1.29 is 9.53 Å². The average Bonchev–Trinajstić information content (AvgIpc) is 2.41. The second-order valence-corrected chi connectivity index (χ2v) is 5.42. The molecule has 0 radical (unpaired) electrons. The molecule has 0 saturated heterocycles. The van der Waals surface area contributed by atoms with E-state index in [-0.39, 0.29) is 6.03 Å². The van der Waals surface area contributed by atoms with Gasteiger partial charge in [0.1, 0.15) is 0 Å². The minimum Gasteiger partial charge on any atom is -0.381 e. The molecule has 112 valence electrons. The molecule has 2 amide bonds. The van der Waals surface area contributed by atoms with Gasteiger partial charge in [0.05, 0.1) is 0 Å². The fourth-order valence-electron chi connectivity index (χ4n) is 1.65. The van der Waals surface area contributed by atoms with Crippen molar-refractivity contribution in [2.24, 2.45) is 5.92 Å². The molecule has 1 aromatic carbocycles. The summed E-state index contributed by atoms with van der Waals surface area (Å²) in [6.45, 7) is 8.95. The number of carbonyl (C=O) groups excluding carboxylic acids is 1. The summed E-state index contributed by atoms with van der Waals surface area (Å²) in [5.41, 5.74) is 2.32. The highest BCUT2D eigenvalue weighted by atomic mass is 16.5. The fourth-order valence-corrected chi connectivity index (χ4v) is 1.65. The summed E-state index contributed by atoms with van der Waals surface area (Å²) in [6, 6.07) is 8.00. The third-order valence-electron chi connectivity index (χ3n) is 2.78. The summed E-state index contributed by atoms with van der Waals surface area (Å²) in [6.07, 6.45) is 0.838. The smallest absolute Gasteiger partial charge is 0.315 e. The first-order valence-electron chi connectivity index (χ1n) is 7.23. The number of benzene rings is 1. The van der Waals surface area contributed by atoms with Gasteiger partial charge in [-0.25, -0.2) is 4.79 Å². The summed E-state index contributed by atoms with van der Waals surface area (Å²) in [7, 11) is 0. The Balaban J connectivity index is 2.04. The van der Waals surface area contributed by atoms with Gasteiger partial charge in [-0.2, -0.15) is 0 Å². The summed E-state index contributed by atoms with van der Waals surface area (Å²) in [4.78, 5) is 11.6. The Morgan fingerprint density at radius 1 is 1.20 bits per heavy atom. The topological polar surface area (TPSA) is 50.4 Å². The van der Waals surface area contributed by atoms with Gasteiger partial charge in [0, 0.05) is 26.3 Å². The van der Waals surface area contributed by atoms with Crippen molar-refractivity contribution in [3.63, 3.8) is 0 Å². The van der Waals surface area contributed by atoms with Crippen LogP contribution in [-0.4, -0.2) is 25.8 Å². The zero-order valence-electron chi connectivity index (χ0n) is 12.7. The first kappa shape index (κ1) is 16.5. The van der Waals surface area contributed by atoms with Crippen LogP contribution < -0.4 is 10.6 Å². The number of nitrogens with one attached hydrogen (secondary N) is 2. The molecule has 0 aliphatic heterocycles. The van der Waals surface area contributed by atoms with Crippen LogP contribution in [0.2, 0.25) is 0 Å². The van der Waals surface area contributed by atoms with Crippen molar-refractivity contribution in [1.29, 1.82) is 0 Å². The van der Waals surface area contributed by atoms with E-state index in [1.165, 1.54) is 5.56 Å². The lowest BCUT2D eigenvalue weighted by Gasteiger charge is -2.09. The second-order valence-electron chi connectivity index (χ2n) is 5.42. The van der Waals surface area contributed by atoms with E-state index in [1.54, 1.807) is 0 Å². The molecule has 1 aromatic rings. The summed E-state index contributed by atoms with van der Waals surface area (Å²) >= 11 is 0. The van der Waals surface area contributed by atoms with E-state index >= 15 is 0 Å². The number of carbonyl (C=O) groups is 1. The molecule has 0 spiro atoms. The van der Waals surface area contributed by atoms with E-state index in [4.69, 9.17) is 4.74 Å². The maximum atomic E-state index is 11.6. The Morgan fingerprint density at radius 2 is 1.90 bits per heavy atom. The van der Waals surface area contributed by atoms with Crippen LogP contribution in [0.25, 0.3) is 0 Å².